The van der Waals surface area contributed by atoms with Crippen molar-refractivity contribution in [2.24, 2.45) is 5.92 Å². The molecule has 1 aromatic rings. The van der Waals surface area contributed by atoms with Crippen LogP contribution in [-0.2, 0) is 6.42 Å². The van der Waals surface area contributed by atoms with Crippen molar-refractivity contribution < 1.29 is 0 Å². The first-order valence-corrected chi connectivity index (χ1v) is 6.92. The lowest BCUT2D eigenvalue weighted by atomic mass is 9.98. The van der Waals surface area contributed by atoms with E-state index in [-0.39, 0.29) is 0 Å². The molecule has 1 saturated carbocycles. The summed E-state index contributed by atoms with van der Waals surface area (Å²) in [5, 5.41) is 1.51. The molecule has 0 aliphatic heterocycles. The molecule has 0 spiro atoms. The smallest absolute Gasteiger partial charge is 0.0452 e. The first-order chi connectivity index (χ1) is 7.16. The Bertz CT molecular complexity index is 351. The number of hydrogen-bond acceptors (Lipinski definition) is 0. The van der Waals surface area contributed by atoms with Crippen LogP contribution in [0.4, 0.5) is 0 Å². The van der Waals surface area contributed by atoms with Gasteiger partial charge in [-0.3, -0.25) is 0 Å². The lowest BCUT2D eigenvalue weighted by Gasteiger charge is -2.14. The van der Waals surface area contributed by atoms with Crippen LogP contribution >= 0.6 is 39.1 Å². The maximum atomic E-state index is 6.16. The zero-order valence-corrected chi connectivity index (χ0v) is 11.4. The van der Waals surface area contributed by atoms with E-state index in [4.69, 9.17) is 23.2 Å². The minimum Gasteiger partial charge on any atom is -0.0888 e. The fourth-order valence-corrected chi connectivity index (χ4v) is 3.45. The molecule has 0 N–H and O–H groups in total. The normalized spacial score (nSPS) is 25.8. The van der Waals surface area contributed by atoms with Crippen LogP contribution in [0.5, 0.6) is 0 Å². The van der Waals surface area contributed by atoms with Gasteiger partial charge in [0.05, 0.1) is 0 Å². The number of halogens is 3. The average molecular weight is 308 g/mol. The maximum absolute atomic E-state index is 6.16. The molecule has 0 amide bonds. The first kappa shape index (κ1) is 11.8. The van der Waals surface area contributed by atoms with E-state index in [0.29, 0.717) is 9.85 Å². The standard InChI is InChI=1S/C12H13BrCl2/c13-11-3-1-2-8(11)6-9-4-5-10(14)7-12(9)15/h4-5,7-8,11H,1-3,6H2. The third-order valence-corrected chi connectivity index (χ3v) is 4.86. The van der Waals surface area contributed by atoms with Gasteiger partial charge in [0.15, 0.2) is 0 Å². The van der Waals surface area contributed by atoms with Crippen LogP contribution in [0.1, 0.15) is 24.8 Å². The van der Waals surface area contributed by atoms with Gasteiger partial charge in [0, 0.05) is 14.9 Å². The highest BCUT2D eigenvalue weighted by Crippen LogP contribution is 2.35. The van der Waals surface area contributed by atoms with Crippen LogP contribution in [0.15, 0.2) is 18.2 Å². The van der Waals surface area contributed by atoms with Gasteiger partial charge in [0.2, 0.25) is 0 Å². The third kappa shape index (κ3) is 2.89. The molecule has 0 bridgehead atoms. The maximum Gasteiger partial charge on any atom is 0.0452 e. The highest BCUT2D eigenvalue weighted by Gasteiger charge is 2.25. The molecule has 1 aromatic carbocycles. The molecule has 0 aromatic heterocycles. The summed E-state index contributed by atoms with van der Waals surface area (Å²) in [5.41, 5.74) is 1.22. The molecule has 1 aliphatic rings. The van der Waals surface area contributed by atoms with Crippen LogP contribution in [0.2, 0.25) is 10.0 Å². The topological polar surface area (TPSA) is 0 Å². The molecule has 2 unspecified atom stereocenters. The molecular weight excluding hydrogens is 295 g/mol. The van der Waals surface area contributed by atoms with Crippen molar-refractivity contribution in [1.29, 1.82) is 0 Å². The molecule has 15 heavy (non-hydrogen) atoms. The number of hydrogen-bond donors (Lipinski definition) is 0. The van der Waals surface area contributed by atoms with Gasteiger partial charge in [-0.2, -0.15) is 0 Å². The van der Waals surface area contributed by atoms with Crippen LogP contribution in [0.3, 0.4) is 0 Å². The Morgan fingerprint density at radius 1 is 1.27 bits per heavy atom. The van der Waals surface area contributed by atoms with Crippen molar-refractivity contribution in [3.63, 3.8) is 0 Å². The fraction of sp³-hybridized carbons (Fsp3) is 0.500. The van der Waals surface area contributed by atoms with Crippen molar-refractivity contribution in [3.05, 3.63) is 33.8 Å². The number of alkyl halides is 1. The summed E-state index contributed by atoms with van der Waals surface area (Å²) < 4.78 is 0. The highest BCUT2D eigenvalue weighted by molar-refractivity contribution is 9.09. The highest BCUT2D eigenvalue weighted by atomic mass is 79.9. The lowest BCUT2D eigenvalue weighted by molar-refractivity contribution is 0.563. The molecule has 1 fully saturated rings. The SMILES string of the molecule is Clc1ccc(CC2CCCC2Br)c(Cl)c1. The first-order valence-electron chi connectivity index (χ1n) is 5.25. The molecule has 0 heterocycles. The minimum absolute atomic E-state index is 0.657. The van der Waals surface area contributed by atoms with E-state index < -0.39 is 0 Å². The molecule has 0 saturated heterocycles. The van der Waals surface area contributed by atoms with Gasteiger partial charge in [0.25, 0.3) is 0 Å². The monoisotopic (exact) mass is 306 g/mol. The van der Waals surface area contributed by atoms with Gasteiger partial charge in [-0.05, 0) is 42.9 Å². The van der Waals surface area contributed by atoms with Crippen molar-refractivity contribution in [2.45, 2.75) is 30.5 Å². The Morgan fingerprint density at radius 2 is 2.07 bits per heavy atom. The van der Waals surface area contributed by atoms with E-state index in [0.717, 1.165) is 17.4 Å². The molecule has 0 nitrogen and oxygen atoms in total. The lowest BCUT2D eigenvalue weighted by Crippen LogP contribution is -2.09. The Labute approximate surface area is 109 Å². The van der Waals surface area contributed by atoms with E-state index in [1.165, 1.54) is 24.8 Å². The third-order valence-electron chi connectivity index (χ3n) is 3.06. The van der Waals surface area contributed by atoms with Crippen molar-refractivity contribution in [3.8, 4) is 0 Å². The fourth-order valence-electron chi connectivity index (χ4n) is 2.19. The van der Waals surface area contributed by atoms with Gasteiger partial charge in [-0.25, -0.2) is 0 Å². The van der Waals surface area contributed by atoms with E-state index >= 15 is 0 Å². The summed E-state index contributed by atoms with van der Waals surface area (Å²) in [7, 11) is 0. The van der Waals surface area contributed by atoms with Gasteiger partial charge in [-0.1, -0.05) is 51.6 Å². The zero-order chi connectivity index (χ0) is 10.8. The zero-order valence-electron chi connectivity index (χ0n) is 8.35. The average Bonchev–Trinajstić information content (AvgIpc) is 2.57. The second-order valence-corrected chi connectivity index (χ2v) is 6.17. The van der Waals surface area contributed by atoms with Crippen LogP contribution in [0, 0.1) is 5.92 Å². The Hall–Kier alpha value is 0.280. The van der Waals surface area contributed by atoms with Gasteiger partial charge in [0.1, 0.15) is 0 Å². The second-order valence-electron chi connectivity index (χ2n) is 4.15. The largest absolute Gasteiger partial charge is 0.0888 e. The number of benzene rings is 1. The quantitative estimate of drug-likeness (QED) is 0.667. The summed E-state index contributed by atoms with van der Waals surface area (Å²) in [6, 6.07) is 5.79. The van der Waals surface area contributed by atoms with E-state index in [2.05, 4.69) is 15.9 Å². The molecule has 82 valence electrons. The van der Waals surface area contributed by atoms with E-state index in [1.54, 1.807) is 0 Å². The van der Waals surface area contributed by atoms with Crippen LogP contribution in [0.25, 0.3) is 0 Å². The second kappa shape index (κ2) is 5.07. The summed E-state index contributed by atoms with van der Waals surface area (Å²) in [5.74, 6) is 0.726. The van der Waals surface area contributed by atoms with Crippen molar-refractivity contribution in [2.75, 3.05) is 0 Å². The van der Waals surface area contributed by atoms with Crippen molar-refractivity contribution in [1.82, 2.24) is 0 Å². The minimum atomic E-state index is 0.657. The summed E-state index contributed by atoms with van der Waals surface area (Å²) in [6.07, 6.45) is 4.97. The molecule has 1 aliphatic carbocycles. The summed E-state index contributed by atoms with van der Waals surface area (Å²) in [4.78, 5) is 0.657. The van der Waals surface area contributed by atoms with Gasteiger partial charge < -0.3 is 0 Å². The van der Waals surface area contributed by atoms with E-state index in [1.807, 2.05) is 18.2 Å². The van der Waals surface area contributed by atoms with E-state index in [9.17, 15) is 0 Å². The number of rotatable bonds is 2. The van der Waals surface area contributed by atoms with Gasteiger partial charge >= 0.3 is 0 Å². The Kier molecular flexibility index (Phi) is 3.98. The molecular formula is C12H13BrCl2. The molecule has 2 atom stereocenters. The van der Waals surface area contributed by atoms with Crippen LogP contribution < -0.4 is 0 Å². The predicted molar refractivity (Wildman–Crippen MR) is 70.2 cm³/mol. The van der Waals surface area contributed by atoms with Crippen LogP contribution in [-0.4, -0.2) is 4.83 Å². The Balaban J connectivity index is 2.10. The van der Waals surface area contributed by atoms with Crippen molar-refractivity contribution >= 4 is 39.1 Å². The molecule has 3 heteroatoms. The summed E-state index contributed by atoms with van der Waals surface area (Å²) >= 11 is 15.8. The predicted octanol–water partition coefficient (Wildman–Crippen LogP) is 5.10. The van der Waals surface area contributed by atoms with Gasteiger partial charge in [-0.15, -0.1) is 0 Å². The molecule has 2 rings (SSSR count). The Morgan fingerprint density at radius 3 is 2.67 bits per heavy atom. The summed E-state index contributed by atoms with van der Waals surface area (Å²) in [6.45, 7) is 0. The molecule has 0 radical (unpaired) electrons.